The predicted octanol–water partition coefficient (Wildman–Crippen LogP) is 3.53. The third-order valence-corrected chi connectivity index (χ3v) is 6.93. The maximum atomic E-state index is 5.74. The topological polar surface area (TPSA) is 51.6 Å². The van der Waals surface area contributed by atoms with Gasteiger partial charge in [-0.15, -0.1) is 0 Å². The standard InChI is InChI=1S/C25H38N4O2/c1-19(2)23-21(24(28(4)27-23)29-11-15-31-16-12-29)17-26-18-25(9-13-30-14-10-25)22-8-6-5-7-20(22)3/h5-8,19,26H,9-18H2,1-4H3. The highest BCUT2D eigenvalue weighted by molar-refractivity contribution is 5.51. The quantitative estimate of drug-likeness (QED) is 0.734. The van der Waals surface area contributed by atoms with Crippen molar-refractivity contribution in [1.29, 1.82) is 0 Å². The van der Waals surface area contributed by atoms with Crippen molar-refractivity contribution in [1.82, 2.24) is 15.1 Å². The normalized spacial score (nSPS) is 19.2. The summed E-state index contributed by atoms with van der Waals surface area (Å²) >= 11 is 0. The molecule has 4 rings (SSSR count). The van der Waals surface area contributed by atoms with Gasteiger partial charge in [0, 0.05) is 57.4 Å². The highest BCUT2D eigenvalue weighted by atomic mass is 16.5. The second kappa shape index (κ2) is 9.72. The molecule has 0 amide bonds. The van der Waals surface area contributed by atoms with Gasteiger partial charge in [-0.3, -0.25) is 4.68 Å². The zero-order valence-corrected chi connectivity index (χ0v) is 19.6. The number of rotatable bonds is 7. The molecule has 31 heavy (non-hydrogen) atoms. The van der Waals surface area contributed by atoms with Gasteiger partial charge in [-0.05, 0) is 36.8 Å². The summed E-state index contributed by atoms with van der Waals surface area (Å²) in [5, 5.41) is 8.77. The maximum Gasteiger partial charge on any atom is 0.131 e. The van der Waals surface area contributed by atoms with Crippen LogP contribution in [0.5, 0.6) is 0 Å². The van der Waals surface area contributed by atoms with E-state index in [1.165, 1.54) is 28.2 Å². The van der Waals surface area contributed by atoms with Crippen molar-refractivity contribution in [3.8, 4) is 0 Å². The molecule has 2 aliphatic heterocycles. The summed E-state index contributed by atoms with van der Waals surface area (Å²) in [4.78, 5) is 2.44. The first-order chi connectivity index (χ1) is 15.0. The van der Waals surface area contributed by atoms with Crippen LogP contribution in [0.25, 0.3) is 0 Å². The minimum absolute atomic E-state index is 0.128. The molecule has 0 unspecified atom stereocenters. The lowest BCUT2D eigenvalue weighted by molar-refractivity contribution is 0.0495. The minimum Gasteiger partial charge on any atom is -0.381 e. The van der Waals surface area contributed by atoms with Gasteiger partial charge in [-0.25, -0.2) is 0 Å². The Morgan fingerprint density at radius 1 is 1.06 bits per heavy atom. The number of hydrogen-bond acceptors (Lipinski definition) is 5. The molecule has 0 spiro atoms. The maximum absolute atomic E-state index is 5.74. The van der Waals surface area contributed by atoms with Crippen molar-refractivity contribution in [3.63, 3.8) is 0 Å². The fraction of sp³-hybridized carbons (Fsp3) is 0.640. The van der Waals surface area contributed by atoms with Crippen LogP contribution in [0.4, 0.5) is 5.82 Å². The molecule has 2 aliphatic rings. The number of anilines is 1. The Kier molecular flexibility index (Phi) is 6.99. The van der Waals surface area contributed by atoms with E-state index in [1.54, 1.807) is 0 Å². The van der Waals surface area contributed by atoms with E-state index in [-0.39, 0.29) is 5.41 Å². The SMILES string of the molecule is Cc1ccccc1C1(CNCc2c(C(C)C)nn(C)c2N2CCOCC2)CCOCC1. The van der Waals surface area contributed by atoms with E-state index >= 15 is 0 Å². The molecule has 0 atom stereocenters. The van der Waals surface area contributed by atoms with E-state index in [2.05, 4.69) is 67.0 Å². The number of ether oxygens (including phenoxy) is 2. The van der Waals surface area contributed by atoms with Gasteiger partial charge in [0.05, 0.1) is 18.9 Å². The van der Waals surface area contributed by atoms with Gasteiger partial charge in [0.1, 0.15) is 5.82 Å². The number of hydrogen-bond donors (Lipinski definition) is 1. The van der Waals surface area contributed by atoms with Crippen molar-refractivity contribution >= 4 is 5.82 Å². The molecule has 0 saturated carbocycles. The number of nitrogens with zero attached hydrogens (tertiary/aromatic N) is 3. The summed E-state index contributed by atoms with van der Waals surface area (Å²) in [6, 6.07) is 8.86. The van der Waals surface area contributed by atoms with Gasteiger partial charge < -0.3 is 19.7 Å². The van der Waals surface area contributed by atoms with Crippen molar-refractivity contribution in [2.45, 2.75) is 51.5 Å². The van der Waals surface area contributed by atoms with Gasteiger partial charge in [0.15, 0.2) is 0 Å². The Bertz CT molecular complexity index is 864. The Balaban J connectivity index is 1.57. The monoisotopic (exact) mass is 426 g/mol. The Morgan fingerprint density at radius 2 is 1.74 bits per heavy atom. The smallest absolute Gasteiger partial charge is 0.131 e. The van der Waals surface area contributed by atoms with Crippen molar-refractivity contribution in [3.05, 3.63) is 46.6 Å². The second-order valence-electron chi connectivity index (χ2n) is 9.38. The lowest BCUT2D eigenvalue weighted by atomic mass is 9.72. The summed E-state index contributed by atoms with van der Waals surface area (Å²) in [5.74, 6) is 1.64. The summed E-state index contributed by atoms with van der Waals surface area (Å²) in [6.07, 6.45) is 2.12. The first kappa shape index (κ1) is 22.3. The molecule has 2 fully saturated rings. The van der Waals surface area contributed by atoms with Gasteiger partial charge in [0.25, 0.3) is 0 Å². The molecular formula is C25H38N4O2. The van der Waals surface area contributed by atoms with E-state index in [1.807, 2.05) is 0 Å². The fourth-order valence-electron chi connectivity index (χ4n) is 5.28. The first-order valence-electron chi connectivity index (χ1n) is 11.7. The zero-order chi connectivity index (χ0) is 21.8. The summed E-state index contributed by atoms with van der Waals surface area (Å²) in [6.45, 7) is 13.6. The molecule has 0 radical (unpaired) electrons. The van der Waals surface area contributed by atoms with Crippen LogP contribution in [-0.4, -0.2) is 55.8 Å². The number of nitrogens with one attached hydrogen (secondary N) is 1. The van der Waals surface area contributed by atoms with Crippen LogP contribution < -0.4 is 10.2 Å². The molecule has 0 aliphatic carbocycles. The molecule has 1 N–H and O–H groups in total. The lowest BCUT2D eigenvalue weighted by Crippen LogP contribution is -2.43. The molecular weight excluding hydrogens is 388 g/mol. The summed E-state index contributed by atoms with van der Waals surface area (Å²) in [7, 11) is 2.08. The lowest BCUT2D eigenvalue weighted by Gasteiger charge is -2.39. The number of aromatic nitrogens is 2. The highest BCUT2D eigenvalue weighted by Crippen LogP contribution is 2.36. The minimum atomic E-state index is 0.128. The molecule has 3 heterocycles. The molecule has 2 saturated heterocycles. The predicted molar refractivity (Wildman–Crippen MR) is 125 cm³/mol. The van der Waals surface area contributed by atoms with Crippen LogP contribution in [-0.2, 0) is 28.5 Å². The Labute approximate surface area is 186 Å². The van der Waals surface area contributed by atoms with E-state index in [9.17, 15) is 0 Å². The fourth-order valence-corrected chi connectivity index (χ4v) is 5.28. The number of morpholine rings is 1. The first-order valence-corrected chi connectivity index (χ1v) is 11.7. The molecule has 0 bridgehead atoms. The zero-order valence-electron chi connectivity index (χ0n) is 19.6. The largest absolute Gasteiger partial charge is 0.381 e. The van der Waals surface area contributed by atoms with E-state index in [0.717, 1.165) is 65.4 Å². The Hall–Kier alpha value is -1.89. The van der Waals surface area contributed by atoms with Gasteiger partial charge in [0.2, 0.25) is 0 Å². The van der Waals surface area contributed by atoms with Gasteiger partial charge in [-0.2, -0.15) is 5.10 Å². The molecule has 1 aromatic heterocycles. The molecule has 1 aromatic carbocycles. The molecule has 170 valence electrons. The number of benzene rings is 1. The van der Waals surface area contributed by atoms with Crippen molar-refractivity contribution < 1.29 is 9.47 Å². The average molecular weight is 427 g/mol. The Morgan fingerprint density at radius 3 is 2.42 bits per heavy atom. The van der Waals surface area contributed by atoms with Crippen LogP contribution in [0, 0.1) is 6.92 Å². The van der Waals surface area contributed by atoms with E-state index < -0.39 is 0 Å². The molecule has 6 nitrogen and oxygen atoms in total. The van der Waals surface area contributed by atoms with Gasteiger partial charge >= 0.3 is 0 Å². The van der Waals surface area contributed by atoms with Gasteiger partial charge in [-0.1, -0.05) is 38.1 Å². The molecule has 6 heteroatoms. The number of aryl methyl sites for hydroxylation is 2. The van der Waals surface area contributed by atoms with E-state index in [4.69, 9.17) is 14.6 Å². The highest BCUT2D eigenvalue weighted by Gasteiger charge is 2.35. The third-order valence-electron chi connectivity index (χ3n) is 6.93. The third kappa shape index (κ3) is 4.66. The van der Waals surface area contributed by atoms with E-state index in [0.29, 0.717) is 5.92 Å². The average Bonchev–Trinajstić information content (AvgIpc) is 3.11. The molecule has 2 aromatic rings. The second-order valence-corrected chi connectivity index (χ2v) is 9.38. The van der Waals surface area contributed by atoms with Crippen LogP contribution in [0.15, 0.2) is 24.3 Å². The van der Waals surface area contributed by atoms with Crippen molar-refractivity contribution in [2.75, 3.05) is 51.0 Å². The van der Waals surface area contributed by atoms with Crippen LogP contribution in [0.1, 0.15) is 55.0 Å². The summed E-state index contributed by atoms with van der Waals surface area (Å²) < 4.78 is 13.4. The summed E-state index contributed by atoms with van der Waals surface area (Å²) in [5.41, 5.74) is 5.52. The van der Waals surface area contributed by atoms with Crippen LogP contribution in [0.2, 0.25) is 0 Å². The van der Waals surface area contributed by atoms with Crippen molar-refractivity contribution in [2.24, 2.45) is 7.05 Å². The van der Waals surface area contributed by atoms with Crippen LogP contribution >= 0.6 is 0 Å². The van der Waals surface area contributed by atoms with Crippen LogP contribution in [0.3, 0.4) is 0 Å².